The summed E-state index contributed by atoms with van der Waals surface area (Å²) in [5, 5.41) is 2.82. The van der Waals surface area contributed by atoms with Crippen LogP contribution < -0.4 is 5.32 Å². The molecule has 1 saturated heterocycles. The van der Waals surface area contributed by atoms with E-state index >= 15 is 0 Å². The summed E-state index contributed by atoms with van der Waals surface area (Å²) in [6.07, 6.45) is 1.09. The molecule has 0 aliphatic carbocycles. The molecule has 0 spiro atoms. The van der Waals surface area contributed by atoms with E-state index in [-0.39, 0.29) is 54.0 Å². The van der Waals surface area contributed by atoms with Crippen LogP contribution in [-0.2, 0) is 19.1 Å². The summed E-state index contributed by atoms with van der Waals surface area (Å²) in [7, 11) is 0. The fourth-order valence-electron chi connectivity index (χ4n) is 2.86. The van der Waals surface area contributed by atoms with Crippen LogP contribution in [0.25, 0.3) is 0 Å². The quantitative estimate of drug-likeness (QED) is 0.687. The normalized spacial score (nSPS) is 19.1. The molecule has 0 bridgehead atoms. The zero-order chi connectivity index (χ0) is 18.5. The van der Waals surface area contributed by atoms with Crippen LogP contribution in [0, 0.1) is 11.3 Å². The van der Waals surface area contributed by atoms with Gasteiger partial charge in [-0.15, -0.1) is 0 Å². The first-order valence-electron chi connectivity index (χ1n) is 8.73. The number of nitrogens with one attached hydrogen (secondary N) is 1. The van der Waals surface area contributed by atoms with E-state index in [9.17, 15) is 14.4 Å². The van der Waals surface area contributed by atoms with Gasteiger partial charge < -0.3 is 10.1 Å². The lowest BCUT2D eigenvalue weighted by atomic mass is 9.80. The predicted octanol–water partition coefficient (Wildman–Crippen LogP) is 2.12. The van der Waals surface area contributed by atoms with Crippen molar-refractivity contribution in [3.63, 3.8) is 0 Å². The molecule has 1 heterocycles. The summed E-state index contributed by atoms with van der Waals surface area (Å²) in [5.74, 6) is -0.773. The third-order valence-corrected chi connectivity index (χ3v) is 4.44. The molecule has 0 radical (unpaired) electrons. The van der Waals surface area contributed by atoms with Crippen molar-refractivity contribution >= 4 is 17.7 Å². The molecule has 1 N–H and O–H groups in total. The standard InChI is InChI=1S/C18H32N2O4/c1-7-24-18(5,6)9-10-19-14(21)8-11-20-15(22)12-13(16(20)23)17(2,3)4/h13H,7-12H2,1-6H3,(H,19,21). The summed E-state index contributed by atoms with van der Waals surface area (Å²) in [6.45, 7) is 13.1. The minimum absolute atomic E-state index is 0.142. The smallest absolute Gasteiger partial charge is 0.233 e. The van der Waals surface area contributed by atoms with Crippen LogP contribution in [0.4, 0.5) is 0 Å². The number of amides is 3. The fourth-order valence-corrected chi connectivity index (χ4v) is 2.86. The monoisotopic (exact) mass is 340 g/mol. The Morgan fingerprint density at radius 1 is 1.25 bits per heavy atom. The molecule has 0 saturated carbocycles. The maximum Gasteiger partial charge on any atom is 0.233 e. The van der Waals surface area contributed by atoms with Gasteiger partial charge in [0.25, 0.3) is 0 Å². The summed E-state index contributed by atoms with van der Waals surface area (Å²) in [5.41, 5.74) is -0.516. The van der Waals surface area contributed by atoms with E-state index in [2.05, 4.69) is 5.32 Å². The van der Waals surface area contributed by atoms with Gasteiger partial charge in [0.15, 0.2) is 0 Å². The van der Waals surface area contributed by atoms with Crippen molar-refractivity contribution in [2.45, 2.75) is 66.4 Å². The SMILES string of the molecule is CCOC(C)(C)CCNC(=O)CCN1C(=O)CC(C(C)(C)C)C1=O. The van der Waals surface area contributed by atoms with Crippen molar-refractivity contribution in [1.29, 1.82) is 0 Å². The van der Waals surface area contributed by atoms with Crippen molar-refractivity contribution in [2.24, 2.45) is 11.3 Å². The van der Waals surface area contributed by atoms with Crippen LogP contribution in [0.2, 0.25) is 0 Å². The second-order valence-electron chi connectivity index (χ2n) is 8.05. The molecule has 3 amide bonds. The highest BCUT2D eigenvalue weighted by molar-refractivity contribution is 6.04. The molecule has 24 heavy (non-hydrogen) atoms. The molecule has 0 aromatic rings. The summed E-state index contributed by atoms with van der Waals surface area (Å²) in [6, 6.07) is 0. The van der Waals surface area contributed by atoms with Crippen LogP contribution in [-0.4, -0.2) is 47.9 Å². The van der Waals surface area contributed by atoms with Crippen LogP contribution in [0.15, 0.2) is 0 Å². The number of hydrogen-bond donors (Lipinski definition) is 1. The van der Waals surface area contributed by atoms with Gasteiger partial charge in [0.05, 0.1) is 11.5 Å². The van der Waals surface area contributed by atoms with E-state index in [0.717, 1.165) is 0 Å². The van der Waals surface area contributed by atoms with E-state index < -0.39 is 0 Å². The molecule has 1 unspecified atom stereocenters. The average molecular weight is 340 g/mol. The molecule has 1 fully saturated rings. The first kappa shape index (κ1) is 20.6. The molecule has 6 nitrogen and oxygen atoms in total. The Morgan fingerprint density at radius 2 is 1.88 bits per heavy atom. The van der Waals surface area contributed by atoms with Crippen LogP contribution >= 0.6 is 0 Å². The zero-order valence-corrected chi connectivity index (χ0v) is 15.9. The third-order valence-electron chi connectivity index (χ3n) is 4.44. The number of carbonyl (C=O) groups is 3. The molecule has 1 rings (SSSR count). The fraction of sp³-hybridized carbons (Fsp3) is 0.833. The number of rotatable bonds is 8. The van der Waals surface area contributed by atoms with Crippen molar-refractivity contribution in [2.75, 3.05) is 19.7 Å². The van der Waals surface area contributed by atoms with Gasteiger partial charge in [0, 0.05) is 32.5 Å². The number of hydrogen-bond acceptors (Lipinski definition) is 4. The number of ether oxygens (including phenoxy) is 1. The maximum atomic E-state index is 12.3. The Balaban J connectivity index is 2.40. The highest BCUT2D eigenvalue weighted by Crippen LogP contribution is 2.35. The minimum Gasteiger partial charge on any atom is -0.376 e. The highest BCUT2D eigenvalue weighted by atomic mass is 16.5. The van der Waals surface area contributed by atoms with Gasteiger partial charge in [-0.25, -0.2) is 0 Å². The summed E-state index contributed by atoms with van der Waals surface area (Å²) < 4.78 is 5.58. The lowest BCUT2D eigenvalue weighted by Gasteiger charge is -2.25. The Bertz CT molecular complexity index is 480. The highest BCUT2D eigenvalue weighted by Gasteiger charge is 2.44. The molecule has 1 aliphatic rings. The Kier molecular flexibility index (Phi) is 6.96. The van der Waals surface area contributed by atoms with E-state index in [1.807, 2.05) is 41.5 Å². The van der Waals surface area contributed by atoms with Crippen LogP contribution in [0.5, 0.6) is 0 Å². The summed E-state index contributed by atoms with van der Waals surface area (Å²) >= 11 is 0. The summed E-state index contributed by atoms with van der Waals surface area (Å²) in [4.78, 5) is 37.5. The van der Waals surface area contributed by atoms with Crippen molar-refractivity contribution < 1.29 is 19.1 Å². The number of carbonyl (C=O) groups excluding carboxylic acids is 3. The lowest BCUT2D eigenvalue weighted by Crippen LogP contribution is -2.38. The second-order valence-corrected chi connectivity index (χ2v) is 8.05. The number of likely N-dealkylation sites (tertiary alicyclic amines) is 1. The van der Waals surface area contributed by atoms with Gasteiger partial charge in [0.2, 0.25) is 17.7 Å². The van der Waals surface area contributed by atoms with E-state index in [1.54, 1.807) is 0 Å². The van der Waals surface area contributed by atoms with Crippen molar-refractivity contribution in [3.05, 3.63) is 0 Å². The molecular formula is C18H32N2O4. The van der Waals surface area contributed by atoms with Gasteiger partial charge in [-0.2, -0.15) is 0 Å². The number of imide groups is 1. The maximum absolute atomic E-state index is 12.3. The molecule has 1 aliphatic heterocycles. The van der Waals surface area contributed by atoms with E-state index in [1.165, 1.54) is 4.90 Å². The van der Waals surface area contributed by atoms with Gasteiger partial charge in [-0.1, -0.05) is 20.8 Å². The molecular weight excluding hydrogens is 308 g/mol. The average Bonchev–Trinajstić information content (AvgIpc) is 2.71. The zero-order valence-electron chi connectivity index (χ0n) is 15.9. The van der Waals surface area contributed by atoms with Crippen LogP contribution in [0.3, 0.4) is 0 Å². The molecule has 6 heteroatoms. The van der Waals surface area contributed by atoms with Crippen molar-refractivity contribution in [1.82, 2.24) is 10.2 Å². The van der Waals surface area contributed by atoms with E-state index in [4.69, 9.17) is 4.74 Å². The topological polar surface area (TPSA) is 75.7 Å². The largest absolute Gasteiger partial charge is 0.376 e. The number of nitrogens with zero attached hydrogens (tertiary/aromatic N) is 1. The Hall–Kier alpha value is -1.43. The van der Waals surface area contributed by atoms with E-state index in [0.29, 0.717) is 19.6 Å². The van der Waals surface area contributed by atoms with Crippen molar-refractivity contribution in [3.8, 4) is 0 Å². The lowest BCUT2D eigenvalue weighted by molar-refractivity contribution is -0.140. The molecule has 1 atom stereocenters. The second kappa shape index (κ2) is 8.10. The third kappa shape index (κ3) is 5.89. The van der Waals surface area contributed by atoms with Gasteiger partial charge in [0.1, 0.15) is 0 Å². The van der Waals surface area contributed by atoms with Gasteiger partial charge >= 0.3 is 0 Å². The molecule has 0 aromatic heterocycles. The van der Waals surface area contributed by atoms with Gasteiger partial charge in [-0.3, -0.25) is 19.3 Å². The predicted molar refractivity (Wildman–Crippen MR) is 92.2 cm³/mol. The first-order valence-corrected chi connectivity index (χ1v) is 8.73. The minimum atomic E-state index is -0.292. The Morgan fingerprint density at radius 3 is 2.38 bits per heavy atom. The molecule has 138 valence electrons. The first-order chi connectivity index (χ1) is 11.0. The van der Waals surface area contributed by atoms with Gasteiger partial charge in [-0.05, 0) is 32.6 Å². The molecule has 0 aromatic carbocycles. The Labute approximate surface area is 145 Å². The van der Waals surface area contributed by atoms with Crippen LogP contribution in [0.1, 0.15) is 60.8 Å².